The summed E-state index contributed by atoms with van der Waals surface area (Å²) >= 11 is 0. The largest absolute Gasteiger partial charge is 0.424 e. The zero-order valence-electron chi connectivity index (χ0n) is 8.27. The predicted molar refractivity (Wildman–Crippen MR) is 56.4 cm³/mol. The van der Waals surface area contributed by atoms with Crippen molar-refractivity contribution >= 4 is 12.2 Å². The smallest absolute Gasteiger partial charge is 0.297 e. The van der Waals surface area contributed by atoms with Crippen LogP contribution in [-0.2, 0) is 7.05 Å². The van der Waals surface area contributed by atoms with Crippen LogP contribution >= 0.6 is 0 Å². The molecule has 72 valence electrons. The molecule has 0 bridgehead atoms. The normalized spacial score (nSPS) is 15.4. The number of hydrogen-bond acceptors (Lipinski definition) is 2. The molecule has 0 saturated heterocycles. The monoisotopic (exact) mass is 188 g/mol. The Balaban J connectivity index is 2.69. The molecule has 0 amide bonds. The highest BCUT2D eigenvalue weighted by Crippen LogP contribution is 2.12. The maximum atomic E-state index is 5.55. The number of oxazole rings is 1. The number of fused-ring (bicyclic) bond motifs is 1. The summed E-state index contributed by atoms with van der Waals surface area (Å²) in [5.41, 5.74) is 1.66. The van der Waals surface area contributed by atoms with Crippen molar-refractivity contribution in [2.75, 3.05) is 7.05 Å². The molecule has 1 aliphatic rings. The Labute approximate surface area is 82.4 Å². The minimum absolute atomic E-state index is 0.631. The number of rotatable bonds is 0. The standard InChI is InChI=1S/C11H12N2O/c1-12-11-13(2)9-7-5-3-4-6-8-10(9)14-11/h3-8H,1-2H3. The average Bonchev–Trinajstić information content (AvgIpc) is 2.42. The van der Waals surface area contributed by atoms with E-state index >= 15 is 0 Å². The van der Waals surface area contributed by atoms with Crippen LogP contribution in [-0.4, -0.2) is 11.6 Å². The first-order chi connectivity index (χ1) is 6.83. The summed E-state index contributed by atoms with van der Waals surface area (Å²) in [4.78, 5) is 4.04. The number of aromatic nitrogens is 1. The molecular formula is C11H12N2O. The van der Waals surface area contributed by atoms with E-state index in [0.717, 1.165) is 11.5 Å². The second kappa shape index (κ2) is 3.54. The summed E-state index contributed by atoms with van der Waals surface area (Å²) in [6.07, 6.45) is 11.8. The zero-order chi connectivity index (χ0) is 9.97. The van der Waals surface area contributed by atoms with Gasteiger partial charge in [0.2, 0.25) is 0 Å². The highest BCUT2D eigenvalue weighted by Gasteiger charge is 2.07. The van der Waals surface area contributed by atoms with Gasteiger partial charge >= 0.3 is 0 Å². The second-order valence-corrected chi connectivity index (χ2v) is 3.02. The van der Waals surface area contributed by atoms with Crippen molar-refractivity contribution in [3.8, 4) is 0 Å². The fourth-order valence-electron chi connectivity index (χ4n) is 1.41. The lowest BCUT2D eigenvalue weighted by molar-refractivity contribution is 0.468. The van der Waals surface area contributed by atoms with Crippen molar-refractivity contribution in [1.82, 2.24) is 4.57 Å². The van der Waals surface area contributed by atoms with E-state index in [4.69, 9.17) is 4.42 Å². The lowest BCUT2D eigenvalue weighted by Gasteiger charge is -1.95. The van der Waals surface area contributed by atoms with Crippen LogP contribution in [0.15, 0.2) is 33.7 Å². The summed E-state index contributed by atoms with van der Waals surface area (Å²) in [5, 5.41) is 0. The van der Waals surface area contributed by atoms with Crippen LogP contribution in [0.5, 0.6) is 0 Å². The minimum atomic E-state index is 0.631. The van der Waals surface area contributed by atoms with Crippen LogP contribution in [0.25, 0.3) is 12.2 Å². The Morgan fingerprint density at radius 2 is 1.86 bits per heavy atom. The molecule has 1 aliphatic carbocycles. The second-order valence-electron chi connectivity index (χ2n) is 3.02. The SMILES string of the molecule is CN=c1oc2c(n1C)C=CC=CC=C2. The molecule has 0 aromatic carbocycles. The van der Waals surface area contributed by atoms with Crippen molar-refractivity contribution < 1.29 is 4.42 Å². The first kappa shape index (κ1) is 8.81. The van der Waals surface area contributed by atoms with E-state index in [0.29, 0.717) is 5.68 Å². The van der Waals surface area contributed by atoms with Gasteiger partial charge in [0.05, 0.1) is 5.69 Å². The molecular weight excluding hydrogens is 176 g/mol. The van der Waals surface area contributed by atoms with Crippen LogP contribution in [0, 0.1) is 0 Å². The molecule has 0 radical (unpaired) electrons. The fraction of sp³-hybridized carbons (Fsp3) is 0.182. The molecule has 0 atom stereocenters. The number of hydrogen-bond donors (Lipinski definition) is 0. The third-order valence-corrected chi connectivity index (χ3v) is 2.13. The van der Waals surface area contributed by atoms with Crippen LogP contribution in [0.2, 0.25) is 0 Å². The quantitative estimate of drug-likeness (QED) is 0.610. The van der Waals surface area contributed by atoms with E-state index in [-0.39, 0.29) is 0 Å². The van der Waals surface area contributed by atoms with Crippen molar-refractivity contribution in [2.24, 2.45) is 12.0 Å². The lowest BCUT2D eigenvalue weighted by Crippen LogP contribution is -2.12. The molecule has 1 aromatic rings. The van der Waals surface area contributed by atoms with Crippen LogP contribution < -0.4 is 5.68 Å². The number of nitrogens with zero attached hydrogens (tertiary/aromatic N) is 2. The predicted octanol–water partition coefficient (Wildman–Crippen LogP) is 1.74. The lowest BCUT2D eigenvalue weighted by atomic mass is 10.2. The van der Waals surface area contributed by atoms with Crippen molar-refractivity contribution in [1.29, 1.82) is 0 Å². The Kier molecular flexibility index (Phi) is 2.23. The Bertz CT molecular complexity index is 484. The van der Waals surface area contributed by atoms with E-state index in [1.165, 1.54) is 0 Å². The average molecular weight is 188 g/mol. The van der Waals surface area contributed by atoms with Crippen LogP contribution in [0.1, 0.15) is 11.5 Å². The highest BCUT2D eigenvalue weighted by molar-refractivity contribution is 5.61. The van der Waals surface area contributed by atoms with E-state index in [1.54, 1.807) is 7.05 Å². The van der Waals surface area contributed by atoms with E-state index in [2.05, 4.69) is 4.99 Å². The minimum Gasteiger partial charge on any atom is -0.424 e. The third kappa shape index (κ3) is 1.37. The maximum Gasteiger partial charge on any atom is 0.297 e. The van der Waals surface area contributed by atoms with Gasteiger partial charge in [0.15, 0.2) is 5.76 Å². The van der Waals surface area contributed by atoms with Gasteiger partial charge in [-0.15, -0.1) is 0 Å². The fourth-order valence-corrected chi connectivity index (χ4v) is 1.41. The molecule has 1 heterocycles. The molecule has 14 heavy (non-hydrogen) atoms. The first-order valence-corrected chi connectivity index (χ1v) is 4.47. The highest BCUT2D eigenvalue weighted by atomic mass is 16.4. The summed E-state index contributed by atoms with van der Waals surface area (Å²) < 4.78 is 7.47. The van der Waals surface area contributed by atoms with Crippen molar-refractivity contribution in [3.63, 3.8) is 0 Å². The molecule has 0 saturated carbocycles. The van der Waals surface area contributed by atoms with Gasteiger partial charge in [-0.25, -0.2) is 4.99 Å². The van der Waals surface area contributed by atoms with Gasteiger partial charge in [0, 0.05) is 14.1 Å². The van der Waals surface area contributed by atoms with Gasteiger partial charge in [-0.2, -0.15) is 0 Å². The van der Waals surface area contributed by atoms with Crippen molar-refractivity contribution in [2.45, 2.75) is 0 Å². The Hall–Kier alpha value is -1.77. The summed E-state index contributed by atoms with van der Waals surface area (Å²) in [6, 6.07) is 0. The third-order valence-electron chi connectivity index (χ3n) is 2.13. The van der Waals surface area contributed by atoms with Gasteiger partial charge in [0.1, 0.15) is 0 Å². The molecule has 0 aliphatic heterocycles. The van der Waals surface area contributed by atoms with Crippen LogP contribution in [0.3, 0.4) is 0 Å². The summed E-state index contributed by atoms with van der Waals surface area (Å²) in [6.45, 7) is 0. The maximum absolute atomic E-state index is 5.55. The van der Waals surface area contributed by atoms with Crippen LogP contribution in [0.4, 0.5) is 0 Å². The topological polar surface area (TPSA) is 30.4 Å². The van der Waals surface area contributed by atoms with Crippen molar-refractivity contribution in [3.05, 3.63) is 41.4 Å². The molecule has 3 nitrogen and oxygen atoms in total. The molecule has 0 unspecified atom stereocenters. The van der Waals surface area contributed by atoms with Gasteiger partial charge in [-0.05, 0) is 12.2 Å². The van der Waals surface area contributed by atoms with E-state index < -0.39 is 0 Å². The van der Waals surface area contributed by atoms with Gasteiger partial charge in [-0.3, -0.25) is 4.57 Å². The van der Waals surface area contributed by atoms with Gasteiger partial charge in [0.25, 0.3) is 5.68 Å². The first-order valence-electron chi connectivity index (χ1n) is 4.47. The number of allylic oxidation sites excluding steroid dienone is 4. The summed E-state index contributed by atoms with van der Waals surface area (Å²) in [5.74, 6) is 0.841. The van der Waals surface area contributed by atoms with E-state index in [1.807, 2.05) is 48.1 Å². The molecule has 3 heteroatoms. The Morgan fingerprint density at radius 1 is 1.14 bits per heavy atom. The molecule has 0 fully saturated rings. The Morgan fingerprint density at radius 3 is 2.57 bits per heavy atom. The summed E-state index contributed by atoms with van der Waals surface area (Å²) in [7, 11) is 3.66. The molecule has 0 spiro atoms. The van der Waals surface area contributed by atoms with Gasteiger partial charge in [-0.1, -0.05) is 24.3 Å². The molecule has 0 N–H and O–H groups in total. The van der Waals surface area contributed by atoms with E-state index in [9.17, 15) is 0 Å². The van der Waals surface area contributed by atoms with Gasteiger partial charge < -0.3 is 4.42 Å². The zero-order valence-corrected chi connectivity index (χ0v) is 8.27. The molecule has 2 rings (SSSR count). The molecule has 1 aromatic heterocycles.